The maximum absolute atomic E-state index is 12.5. The molecule has 2 nitrogen and oxygen atoms in total. The second-order valence-corrected chi connectivity index (χ2v) is 7.52. The largest absolute Gasteiger partial charge is 0.313 e. The van der Waals surface area contributed by atoms with Crippen LogP contribution in [0.2, 0.25) is 0 Å². The summed E-state index contributed by atoms with van der Waals surface area (Å²) in [7, 11) is -0.625. The van der Waals surface area contributed by atoms with Crippen LogP contribution in [-0.4, -0.2) is 27.8 Å². The monoisotopic (exact) mass is 273 g/mol. The number of hydrogen-bond donors (Lipinski definition) is 1. The second kappa shape index (κ2) is 9.08. The lowest BCUT2D eigenvalue weighted by atomic mass is 10.0. The Bertz CT molecular complexity index is 239. The van der Waals surface area contributed by atoms with E-state index in [1.165, 1.54) is 38.5 Å². The van der Waals surface area contributed by atoms with Crippen LogP contribution in [0.1, 0.15) is 65.7 Å². The van der Waals surface area contributed by atoms with Crippen LogP contribution >= 0.6 is 0 Å². The molecule has 1 saturated carbocycles. The number of rotatable bonds is 8. The van der Waals surface area contributed by atoms with Crippen molar-refractivity contribution in [2.45, 2.75) is 77.0 Å². The van der Waals surface area contributed by atoms with Crippen molar-refractivity contribution in [3.8, 4) is 0 Å². The molecule has 1 rings (SSSR count). The SMILES string of the molecule is CCCNC(CS(=O)C1CCCCC1)C(C)CC. The minimum Gasteiger partial charge on any atom is -0.313 e. The molecule has 0 aromatic heterocycles. The van der Waals surface area contributed by atoms with Crippen molar-refractivity contribution in [3.63, 3.8) is 0 Å². The molecule has 0 aliphatic heterocycles. The second-order valence-electron chi connectivity index (χ2n) is 5.75. The zero-order valence-electron chi connectivity index (χ0n) is 12.4. The Morgan fingerprint density at radius 1 is 1.22 bits per heavy atom. The molecule has 108 valence electrons. The predicted molar refractivity (Wildman–Crippen MR) is 81.4 cm³/mol. The lowest BCUT2D eigenvalue weighted by Gasteiger charge is -2.27. The van der Waals surface area contributed by atoms with Crippen LogP contribution in [0.15, 0.2) is 0 Å². The van der Waals surface area contributed by atoms with Gasteiger partial charge < -0.3 is 5.32 Å². The van der Waals surface area contributed by atoms with Crippen molar-refractivity contribution < 1.29 is 4.21 Å². The summed E-state index contributed by atoms with van der Waals surface area (Å²) in [6, 6.07) is 0.442. The van der Waals surface area contributed by atoms with Crippen LogP contribution in [0.5, 0.6) is 0 Å². The van der Waals surface area contributed by atoms with Crippen LogP contribution in [0.25, 0.3) is 0 Å². The predicted octanol–water partition coefficient (Wildman–Crippen LogP) is 3.48. The van der Waals surface area contributed by atoms with E-state index in [9.17, 15) is 4.21 Å². The molecule has 0 heterocycles. The smallest absolute Gasteiger partial charge is 0.0394 e. The minimum absolute atomic E-state index is 0.442. The summed E-state index contributed by atoms with van der Waals surface area (Å²) in [4.78, 5) is 0. The van der Waals surface area contributed by atoms with Gasteiger partial charge in [0.25, 0.3) is 0 Å². The summed E-state index contributed by atoms with van der Waals surface area (Å²) < 4.78 is 12.5. The number of nitrogens with one attached hydrogen (secondary N) is 1. The quantitative estimate of drug-likeness (QED) is 0.733. The van der Waals surface area contributed by atoms with Gasteiger partial charge >= 0.3 is 0 Å². The molecule has 0 spiro atoms. The van der Waals surface area contributed by atoms with E-state index in [0.29, 0.717) is 17.2 Å². The summed E-state index contributed by atoms with van der Waals surface area (Å²) in [6.45, 7) is 7.76. The summed E-state index contributed by atoms with van der Waals surface area (Å²) in [5, 5.41) is 4.08. The molecule has 1 N–H and O–H groups in total. The average molecular weight is 273 g/mol. The van der Waals surface area contributed by atoms with Gasteiger partial charge in [-0.3, -0.25) is 4.21 Å². The molecule has 0 saturated heterocycles. The first-order valence-electron chi connectivity index (χ1n) is 7.79. The number of hydrogen-bond acceptors (Lipinski definition) is 2. The maximum Gasteiger partial charge on any atom is 0.0394 e. The topological polar surface area (TPSA) is 29.1 Å². The fourth-order valence-electron chi connectivity index (χ4n) is 2.68. The normalized spacial score (nSPS) is 22.6. The molecule has 0 aromatic carbocycles. The van der Waals surface area contributed by atoms with Crippen molar-refractivity contribution >= 4 is 10.8 Å². The van der Waals surface area contributed by atoms with E-state index in [1.807, 2.05) is 0 Å². The maximum atomic E-state index is 12.5. The van der Waals surface area contributed by atoms with E-state index in [0.717, 1.165) is 18.7 Å². The Hall–Kier alpha value is 0.110. The first-order valence-corrected chi connectivity index (χ1v) is 9.17. The van der Waals surface area contributed by atoms with Gasteiger partial charge in [0, 0.05) is 27.8 Å². The van der Waals surface area contributed by atoms with Crippen LogP contribution in [0, 0.1) is 5.92 Å². The molecular formula is C15H31NOS. The lowest BCUT2D eigenvalue weighted by molar-refractivity contribution is 0.393. The van der Waals surface area contributed by atoms with Gasteiger partial charge in [0.15, 0.2) is 0 Å². The molecule has 3 atom stereocenters. The standard InChI is InChI=1S/C15H31NOS/c1-4-11-16-15(13(3)5-2)12-18(17)14-9-7-6-8-10-14/h13-16H,4-12H2,1-3H3. The third-order valence-corrected chi connectivity index (χ3v) is 6.16. The summed E-state index contributed by atoms with van der Waals surface area (Å²) in [5.41, 5.74) is 0. The fraction of sp³-hybridized carbons (Fsp3) is 1.00. The molecule has 0 radical (unpaired) electrons. The summed E-state index contributed by atoms with van der Waals surface area (Å²) in [5.74, 6) is 1.49. The summed E-state index contributed by atoms with van der Waals surface area (Å²) in [6.07, 6.45) is 8.61. The molecule has 3 unspecified atom stereocenters. The van der Waals surface area contributed by atoms with Crippen LogP contribution in [0.3, 0.4) is 0 Å². The van der Waals surface area contributed by atoms with E-state index >= 15 is 0 Å². The Labute approximate surface area is 116 Å². The Morgan fingerprint density at radius 3 is 2.44 bits per heavy atom. The van der Waals surface area contributed by atoms with Gasteiger partial charge in [-0.1, -0.05) is 46.5 Å². The zero-order chi connectivity index (χ0) is 13.4. The third-order valence-electron chi connectivity index (χ3n) is 4.26. The van der Waals surface area contributed by atoms with E-state index < -0.39 is 10.8 Å². The zero-order valence-corrected chi connectivity index (χ0v) is 13.2. The highest BCUT2D eigenvalue weighted by Crippen LogP contribution is 2.23. The molecule has 1 aliphatic carbocycles. The van der Waals surface area contributed by atoms with E-state index in [2.05, 4.69) is 26.1 Å². The van der Waals surface area contributed by atoms with Gasteiger partial charge in [-0.15, -0.1) is 0 Å². The molecule has 18 heavy (non-hydrogen) atoms. The van der Waals surface area contributed by atoms with Crippen LogP contribution < -0.4 is 5.32 Å². The van der Waals surface area contributed by atoms with Crippen molar-refractivity contribution in [2.24, 2.45) is 5.92 Å². The van der Waals surface area contributed by atoms with Gasteiger partial charge in [0.1, 0.15) is 0 Å². The average Bonchev–Trinajstić information content (AvgIpc) is 2.43. The van der Waals surface area contributed by atoms with Gasteiger partial charge in [-0.2, -0.15) is 0 Å². The fourth-order valence-corrected chi connectivity index (χ4v) is 4.61. The lowest BCUT2D eigenvalue weighted by Crippen LogP contribution is -2.41. The Balaban J connectivity index is 2.44. The third kappa shape index (κ3) is 5.40. The van der Waals surface area contributed by atoms with E-state index in [4.69, 9.17) is 0 Å². The van der Waals surface area contributed by atoms with Gasteiger partial charge in [-0.05, 0) is 31.7 Å². The highest BCUT2D eigenvalue weighted by atomic mass is 32.2. The molecule has 0 aromatic rings. The highest BCUT2D eigenvalue weighted by molar-refractivity contribution is 7.85. The summed E-state index contributed by atoms with van der Waals surface area (Å²) >= 11 is 0. The van der Waals surface area contributed by atoms with Crippen LogP contribution in [-0.2, 0) is 10.8 Å². The molecule has 0 amide bonds. The molecule has 1 aliphatic rings. The van der Waals surface area contributed by atoms with E-state index in [1.54, 1.807) is 0 Å². The first kappa shape index (κ1) is 16.2. The van der Waals surface area contributed by atoms with Crippen molar-refractivity contribution in [1.82, 2.24) is 5.32 Å². The van der Waals surface area contributed by atoms with Crippen molar-refractivity contribution in [1.29, 1.82) is 0 Å². The van der Waals surface area contributed by atoms with E-state index in [-0.39, 0.29) is 0 Å². The minimum atomic E-state index is -0.625. The Morgan fingerprint density at radius 2 is 1.89 bits per heavy atom. The van der Waals surface area contributed by atoms with Gasteiger partial charge in [0.2, 0.25) is 0 Å². The van der Waals surface area contributed by atoms with Gasteiger partial charge in [-0.25, -0.2) is 0 Å². The van der Waals surface area contributed by atoms with Crippen molar-refractivity contribution in [2.75, 3.05) is 12.3 Å². The Kier molecular flexibility index (Phi) is 8.16. The molecule has 3 heteroatoms. The van der Waals surface area contributed by atoms with Crippen LogP contribution in [0.4, 0.5) is 0 Å². The molecular weight excluding hydrogens is 242 g/mol. The van der Waals surface area contributed by atoms with Gasteiger partial charge in [0.05, 0.1) is 0 Å². The highest BCUT2D eigenvalue weighted by Gasteiger charge is 2.24. The van der Waals surface area contributed by atoms with Crippen molar-refractivity contribution in [3.05, 3.63) is 0 Å². The molecule has 0 bridgehead atoms. The molecule has 1 fully saturated rings. The first-order chi connectivity index (χ1) is 8.69.